The van der Waals surface area contributed by atoms with Crippen LogP contribution in [0.1, 0.15) is 21.0 Å². The molecule has 2 N–H and O–H groups in total. The standard InChI is InChI=1S/C24H16N2O2/c27-13-21-23(17-5-1-3-7-19(17)25-21)15-9-11-16(12-10-15)24-18-6-2-4-8-20(18)26-22(24)14-28/h1-14,25-26H. The zero-order valence-electron chi connectivity index (χ0n) is 14.9. The van der Waals surface area contributed by atoms with E-state index in [0.717, 1.165) is 56.6 Å². The number of hydrogen-bond acceptors (Lipinski definition) is 2. The topological polar surface area (TPSA) is 65.7 Å². The van der Waals surface area contributed by atoms with Crippen LogP contribution in [0.3, 0.4) is 0 Å². The largest absolute Gasteiger partial charge is 0.352 e. The molecule has 5 rings (SSSR count). The van der Waals surface area contributed by atoms with Crippen LogP contribution in [0.5, 0.6) is 0 Å². The van der Waals surface area contributed by atoms with E-state index in [1.807, 2.05) is 72.8 Å². The molecule has 0 spiro atoms. The number of aromatic nitrogens is 2. The van der Waals surface area contributed by atoms with Crippen LogP contribution in [0.25, 0.3) is 44.1 Å². The van der Waals surface area contributed by atoms with E-state index >= 15 is 0 Å². The highest BCUT2D eigenvalue weighted by atomic mass is 16.1. The summed E-state index contributed by atoms with van der Waals surface area (Å²) < 4.78 is 0. The first kappa shape index (κ1) is 16.3. The summed E-state index contributed by atoms with van der Waals surface area (Å²) in [5, 5.41) is 2.02. The second-order valence-electron chi connectivity index (χ2n) is 6.73. The molecule has 0 aliphatic heterocycles. The van der Waals surface area contributed by atoms with Crippen molar-refractivity contribution < 1.29 is 9.59 Å². The van der Waals surface area contributed by atoms with Crippen LogP contribution in [-0.4, -0.2) is 22.5 Å². The lowest BCUT2D eigenvalue weighted by molar-refractivity contribution is 0.111. The summed E-state index contributed by atoms with van der Waals surface area (Å²) in [6, 6.07) is 23.7. The van der Waals surface area contributed by atoms with Gasteiger partial charge in [-0.25, -0.2) is 0 Å². The van der Waals surface area contributed by atoms with Crippen LogP contribution in [-0.2, 0) is 0 Å². The summed E-state index contributed by atoms with van der Waals surface area (Å²) in [6.07, 6.45) is 1.71. The van der Waals surface area contributed by atoms with Gasteiger partial charge in [0.25, 0.3) is 0 Å². The Morgan fingerprint density at radius 1 is 0.536 bits per heavy atom. The summed E-state index contributed by atoms with van der Waals surface area (Å²) in [4.78, 5) is 29.5. The van der Waals surface area contributed by atoms with Crippen molar-refractivity contribution >= 4 is 34.4 Å². The molecule has 4 heteroatoms. The molecule has 0 amide bonds. The minimum atomic E-state index is 0.564. The summed E-state index contributed by atoms with van der Waals surface area (Å²) in [7, 11) is 0. The van der Waals surface area contributed by atoms with E-state index in [9.17, 15) is 9.59 Å². The molecule has 0 atom stereocenters. The average Bonchev–Trinajstić information content (AvgIpc) is 3.32. The van der Waals surface area contributed by atoms with E-state index in [1.165, 1.54) is 0 Å². The average molecular weight is 364 g/mol. The Morgan fingerprint density at radius 2 is 0.929 bits per heavy atom. The molecule has 0 saturated carbocycles. The Labute approximate surface area is 160 Å². The molecule has 0 aliphatic carbocycles. The van der Waals surface area contributed by atoms with Gasteiger partial charge in [-0.15, -0.1) is 0 Å². The Kier molecular flexibility index (Phi) is 3.69. The predicted octanol–water partition coefficient (Wildman–Crippen LogP) is 5.61. The van der Waals surface area contributed by atoms with E-state index in [0.29, 0.717) is 11.4 Å². The zero-order valence-corrected chi connectivity index (χ0v) is 14.9. The van der Waals surface area contributed by atoms with Gasteiger partial charge in [0.15, 0.2) is 12.6 Å². The molecule has 4 nitrogen and oxygen atoms in total. The van der Waals surface area contributed by atoms with Gasteiger partial charge in [-0.2, -0.15) is 0 Å². The zero-order chi connectivity index (χ0) is 19.1. The molecule has 0 fully saturated rings. The summed E-state index contributed by atoms with van der Waals surface area (Å²) in [5.41, 5.74) is 6.70. The minimum absolute atomic E-state index is 0.564. The van der Waals surface area contributed by atoms with E-state index < -0.39 is 0 Å². The Morgan fingerprint density at radius 3 is 1.32 bits per heavy atom. The number of aromatic amines is 2. The van der Waals surface area contributed by atoms with Crippen molar-refractivity contribution in [3.05, 3.63) is 84.2 Å². The first-order valence-corrected chi connectivity index (χ1v) is 9.02. The molecule has 0 radical (unpaired) electrons. The van der Waals surface area contributed by atoms with Crippen molar-refractivity contribution in [3.63, 3.8) is 0 Å². The lowest BCUT2D eigenvalue weighted by Crippen LogP contribution is -1.87. The molecule has 0 aliphatic rings. The van der Waals surface area contributed by atoms with Crippen molar-refractivity contribution in [2.45, 2.75) is 0 Å². The third kappa shape index (κ3) is 2.39. The van der Waals surface area contributed by atoms with Gasteiger partial charge in [0, 0.05) is 32.9 Å². The normalized spacial score (nSPS) is 11.1. The number of para-hydroxylation sites is 2. The van der Waals surface area contributed by atoms with Gasteiger partial charge >= 0.3 is 0 Å². The van der Waals surface area contributed by atoms with E-state index in [4.69, 9.17) is 0 Å². The van der Waals surface area contributed by atoms with Crippen LogP contribution in [0.4, 0.5) is 0 Å². The molecule has 2 heterocycles. The third-order valence-electron chi connectivity index (χ3n) is 5.17. The fourth-order valence-corrected chi connectivity index (χ4v) is 3.93. The van der Waals surface area contributed by atoms with Crippen molar-refractivity contribution in [2.24, 2.45) is 0 Å². The van der Waals surface area contributed by atoms with Crippen molar-refractivity contribution in [3.8, 4) is 22.3 Å². The van der Waals surface area contributed by atoms with Crippen LogP contribution in [0, 0.1) is 0 Å². The minimum Gasteiger partial charge on any atom is -0.352 e. The van der Waals surface area contributed by atoms with Crippen LogP contribution >= 0.6 is 0 Å². The number of rotatable bonds is 4. The lowest BCUT2D eigenvalue weighted by atomic mass is 9.97. The number of aldehydes is 2. The highest BCUT2D eigenvalue weighted by Gasteiger charge is 2.15. The van der Waals surface area contributed by atoms with Gasteiger partial charge in [-0.05, 0) is 23.3 Å². The number of benzene rings is 3. The smallest absolute Gasteiger partial charge is 0.166 e. The quantitative estimate of drug-likeness (QED) is 0.407. The fourth-order valence-electron chi connectivity index (χ4n) is 3.93. The Hall–Kier alpha value is -3.92. The van der Waals surface area contributed by atoms with Gasteiger partial charge in [0.1, 0.15) is 0 Å². The van der Waals surface area contributed by atoms with Gasteiger partial charge in [0.05, 0.1) is 11.4 Å². The molecule has 2 aromatic heterocycles. The third-order valence-corrected chi connectivity index (χ3v) is 5.17. The molecule has 134 valence electrons. The highest BCUT2D eigenvalue weighted by Crippen LogP contribution is 2.35. The van der Waals surface area contributed by atoms with E-state index in [2.05, 4.69) is 9.97 Å². The molecular weight excluding hydrogens is 348 g/mol. The molecule has 3 aromatic carbocycles. The van der Waals surface area contributed by atoms with Crippen molar-refractivity contribution in [2.75, 3.05) is 0 Å². The number of hydrogen-bond donors (Lipinski definition) is 2. The molecule has 0 unspecified atom stereocenters. The monoisotopic (exact) mass is 364 g/mol. The molecule has 0 saturated heterocycles. The van der Waals surface area contributed by atoms with Gasteiger partial charge in [-0.3, -0.25) is 9.59 Å². The second-order valence-corrected chi connectivity index (χ2v) is 6.73. The maximum atomic E-state index is 11.6. The maximum absolute atomic E-state index is 11.6. The van der Waals surface area contributed by atoms with Gasteiger partial charge in [0.2, 0.25) is 0 Å². The van der Waals surface area contributed by atoms with E-state index in [-0.39, 0.29) is 0 Å². The summed E-state index contributed by atoms with van der Waals surface area (Å²) in [6.45, 7) is 0. The number of carbonyl (C=O) groups excluding carboxylic acids is 2. The Balaban J connectivity index is 1.67. The molecule has 5 aromatic rings. The van der Waals surface area contributed by atoms with Gasteiger partial charge in [-0.1, -0.05) is 60.7 Å². The van der Waals surface area contributed by atoms with Gasteiger partial charge < -0.3 is 9.97 Å². The maximum Gasteiger partial charge on any atom is 0.166 e. The predicted molar refractivity (Wildman–Crippen MR) is 112 cm³/mol. The highest BCUT2D eigenvalue weighted by molar-refractivity contribution is 6.06. The first-order chi connectivity index (χ1) is 13.8. The summed E-state index contributed by atoms with van der Waals surface area (Å²) >= 11 is 0. The van der Waals surface area contributed by atoms with Crippen LogP contribution in [0.15, 0.2) is 72.8 Å². The Bertz CT molecular complexity index is 1240. The van der Waals surface area contributed by atoms with Crippen LogP contribution < -0.4 is 0 Å². The molecule has 28 heavy (non-hydrogen) atoms. The SMILES string of the molecule is O=Cc1[nH]c2ccccc2c1-c1ccc(-c2c(C=O)[nH]c3ccccc23)cc1. The second kappa shape index (κ2) is 6.35. The van der Waals surface area contributed by atoms with E-state index in [1.54, 1.807) is 0 Å². The molecular formula is C24H16N2O2. The number of H-pyrrole nitrogens is 2. The first-order valence-electron chi connectivity index (χ1n) is 9.02. The lowest BCUT2D eigenvalue weighted by Gasteiger charge is -2.06. The van der Waals surface area contributed by atoms with Crippen LogP contribution in [0.2, 0.25) is 0 Å². The van der Waals surface area contributed by atoms with Crippen molar-refractivity contribution in [1.82, 2.24) is 9.97 Å². The van der Waals surface area contributed by atoms with Crippen molar-refractivity contribution in [1.29, 1.82) is 0 Å². The number of nitrogens with one attached hydrogen (secondary N) is 2. The fraction of sp³-hybridized carbons (Fsp3) is 0. The number of carbonyl (C=O) groups is 2. The summed E-state index contributed by atoms with van der Waals surface area (Å²) in [5.74, 6) is 0. The number of fused-ring (bicyclic) bond motifs is 2. The molecule has 0 bridgehead atoms.